The van der Waals surface area contributed by atoms with Crippen LogP contribution in [-0.4, -0.2) is 40.4 Å². The molecule has 0 aliphatic heterocycles. The van der Waals surface area contributed by atoms with E-state index in [0.29, 0.717) is 39.6 Å². The predicted octanol–water partition coefficient (Wildman–Crippen LogP) is 4.01. The van der Waals surface area contributed by atoms with E-state index in [1.807, 2.05) is 0 Å². The number of nitrogens with zero attached hydrogens (tertiary/aromatic N) is 7. The fourth-order valence-electron chi connectivity index (χ4n) is 3.57. The second kappa shape index (κ2) is 9.18. The molecule has 0 aliphatic carbocycles. The van der Waals surface area contributed by atoms with Gasteiger partial charge in [0.05, 0.1) is 27.9 Å². The summed E-state index contributed by atoms with van der Waals surface area (Å²) >= 11 is 0. The van der Waals surface area contributed by atoms with E-state index in [2.05, 4.69) is 25.5 Å². The molecule has 0 aliphatic rings. The Morgan fingerprint density at radius 3 is 2.56 bits per heavy atom. The molecule has 0 radical (unpaired) electrons. The van der Waals surface area contributed by atoms with Crippen molar-refractivity contribution in [1.29, 1.82) is 0 Å². The highest BCUT2D eigenvalue weighted by atomic mass is 19.1. The lowest BCUT2D eigenvalue weighted by molar-refractivity contribution is -0.384. The number of nitro benzene ring substituents is 1. The predicted molar refractivity (Wildman–Crippen MR) is 129 cm³/mol. The Morgan fingerprint density at radius 2 is 1.83 bits per heavy atom. The van der Waals surface area contributed by atoms with Crippen LogP contribution in [0.25, 0.3) is 28.6 Å². The van der Waals surface area contributed by atoms with Gasteiger partial charge in [0, 0.05) is 24.3 Å². The fourth-order valence-corrected chi connectivity index (χ4v) is 3.57. The Labute approximate surface area is 202 Å². The summed E-state index contributed by atoms with van der Waals surface area (Å²) in [5.74, 6) is -0.0149. The first kappa shape index (κ1) is 22.5. The minimum atomic E-state index is -0.489. The number of nitro groups is 1. The Morgan fingerprint density at radius 1 is 1.08 bits per heavy atom. The van der Waals surface area contributed by atoms with Crippen LogP contribution in [0, 0.1) is 22.9 Å². The molecule has 0 bridgehead atoms. The lowest BCUT2D eigenvalue weighted by atomic mass is 10.2. The van der Waals surface area contributed by atoms with Gasteiger partial charge in [0.1, 0.15) is 18.0 Å². The van der Waals surface area contributed by atoms with Crippen molar-refractivity contribution in [3.63, 3.8) is 0 Å². The van der Waals surface area contributed by atoms with Crippen LogP contribution in [0.5, 0.6) is 0 Å². The summed E-state index contributed by atoms with van der Waals surface area (Å²) in [5.41, 5.74) is 2.34. The number of benzene rings is 2. The van der Waals surface area contributed by atoms with E-state index in [0.717, 1.165) is 0 Å². The number of non-ortho nitro benzene ring substituents is 1. The van der Waals surface area contributed by atoms with Crippen LogP contribution in [0.1, 0.15) is 11.3 Å². The van der Waals surface area contributed by atoms with Crippen molar-refractivity contribution in [2.24, 2.45) is 0 Å². The third-order valence-corrected chi connectivity index (χ3v) is 5.23. The van der Waals surface area contributed by atoms with Crippen molar-refractivity contribution in [2.45, 2.75) is 6.92 Å². The molecule has 178 valence electrons. The molecular formula is C24H17FN8O3. The summed E-state index contributed by atoms with van der Waals surface area (Å²) in [6, 6.07) is 13.4. The average molecular weight is 484 g/mol. The normalized spacial score (nSPS) is 11.3. The molecule has 0 saturated heterocycles. The van der Waals surface area contributed by atoms with Gasteiger partial charge in [0.15, 0.2) is 11.5 Å². The smallest absolute Gasteiger partial charge is 0.269 e. The number of carbonyl (C=O) groups is 1. The van der Waals surface area contributed by atoms with Gasteiger partial charge in [0.25, 0.3) is 5.69 Å². The third kappa shape index (κ3) is 4.42. The van der Waals surface area contributed by atoms with E-state index in [9.17, 15) is 19.3 Å². The number of aryl methyl sites for hydroxylation is 1. The maximum absolute atomic E-state index is 13.3. The molecule has 0 spiro atoms. The zero-order valence-electron chi connectivity index (χ0n) is 18.7. The summed E-state index contributed by atoms with van der Waals surface area (Å²) in [5, 5.41) is 23.0. The quantitative estimate of drug-likeness (QED) is 0.219. The molecule has 11 nitrogen and oxygen atoms in total. The topological polar surface area (TPSA) is 134 Å². The van der Waals surface area contributed by atoms with Gasteiger partial charge in [0.2, 0.25) is 5.91 Å². The van der Waals surface area contributed by atoms with Crippen molar-refractivity contribution in [3.8, 4) is 11.5 Å². The van der Waals surface area contributed by atoms with Crippen LogP contribution >= 0.6 is 0 Å². The molecule has 12 heteroatoms. The van der Waals surface area contributed by atoms with Gasteiger partial charge in [-0.05, 0) is 55.0 Å². The molecule has 1 N–H and O–H groups in total. The number of halogens is 1. The van der Waals surface area contributed by atoms with Crippen molar-refractivity contribution in [3.05, 3.63) is 100 Å². The second-order valence-electron chi connectivity index (χ2n) is 7.72. The lowest BCUT2D eigenvalue weighted by Crippen LogP contribution is -2.13. The molecule has 36 heavy (non-hydrogen) atoms. The zero-order chi connectivity index (χ0) is 25.2. The fraction of sp³-hybridized carbons (Fsp3) is 0.0417. The number of fused-ring (bicyclic) bond motifs is 1. The number of hydrogen-bond acceptors (Lipinski definition) is 7. The Balaban J connectivity index is 1.43. The first-order chi connectivity index (χ1) is 17.4. The van der Waals surface area contributed by atoms with Crippen molar-refractivity contribution in [1.82, 2.24) is 29.5 Å². The van der Waals surface area contributed by atoms with Crippen LogP contribution in [0.4, 0.5) is 15.9 Å². The Kier molecular flexibility index (Phi) is 5.74. The average Bonchev–Trinajstić information content (AvgIpc) is 3.46. The van der Waals surface area contributed by atoms with Crippen LogP contribution < -0.4 is 5.32 Å². The minimum absolute atomic E-state index is 0.0325. The lowest BCUT2D eigenvalue weighted by Gasteiger charge is -2.08. The summed E-state index contributed by atoms with van der Waals surface area (Å²) in [6.07, 6.45) is 5.79. The van der Waals surface area contributed by atoms with Gasteiger partial charge in [-0.3, -0.25) is 14.9 Å². The van der Waals surface area contributed by atoms with E-state index >= 15 is 0 Å². The molecule has 5 aromatic rings. The molecule has 0 atom stereocenters. The maximum Gasteiger partial charge on any atom is 0.269 e. The summed E-state index contributed by atoms with van der Waals surface area (Å²) in [7, 11) is 0. The van der Waals surface area contributed by atoms with Gasteiger partial charge < -0.3 is 5.32 Å². The first-order valence-corrected chi connectivity index (χ1v) is 10.6. The van der Waals surface area contributed by atoms with Crippen molar-refractivity contribution in [2.75, 3.05) is 5.32 Å². The Bertz CT molecular complexity index is 1620. The Hall–Kier alpha value is -5.26. The van der Waals surface area contributed by atoms with Crippen LogP contribution in [0.2, 0.25) is 0 Å². The van der Waals surface area contributed by atoms with E-state index < -0.39 is 10.8 Å². The summed E-state index contributed by atoms with van der Waals surface area (Å²) in [6.45, 7) is 1.78. The van der Waals surface area contributed by atoms with Gasteiger partial charge in [-0.25, -0.2) is 19.0 Å². The number of rotatable bonds is 6. The van der Waals surface area contributed by atoms with Gasteiger partial charge in [-0.2, -0.15) is 14.9 Å². The molecule has 0 unspecified atom stereocenters. The number of carbonyl (C=O) groups excluding carboxylic acids is 1. The minimum Gasteiger partial charge on any atom is -0.307 e. The van der Waals surface area contributed by atoms with E-state index in [-0.39, 0.29) is 11.5 Å². The van der Waals surface area contributed by atoms with E-state index in [1.165, 1.54) is 41.4 Å². The van der Waals surface area contributed by atoms with Crippen LogP contribution in [0.3, 0.4) is 0 Å². The molecule has 3 heterocycles. The van der Waals surface area contributed by atoms with Crippen molar-refractivity contribution >= 4 is 34.5 Å². The number of hydrogen-bond donors (Lipinski definition) is 1. The molecule has 3 aromatic heterocycles. The summed E-state index contributed by atoms with van der Waals surface area (Å²) in [4.78, 5) is 31.6. The summed E-state index contributed by atoms with van der Waals surface area (Å²) < 4.78 is 16.4. The maximum atomic E-state index is 13.3. The second-order valence-corrected chi connectivity index (χ2v) is 7.72. The van der Waals surface area contributed by atoms with Gasteiger partial charge in [-0.15, -0.1) is 0 Å². The van der Waals surface area contributed by atoms with E-state index in [4.69, 9.17) is 0 Å². The van der Waals surface area contributed by atoms with E-state index in [1.54, 1.807) is 54.2 Å². The number of anilines is 1. The number of amides is 1. The molecule has 0 fully saturated rings. The monoisotopic (exact) mass is 484 g/mol. The van der Waals surface area contributed by atoms with Crippen molar-refractivity contribution < 1.29 is 14.1 Å². The highest BCUT2D eigenvalue weighted by Gasteiger charge is 2.17. The molecule has 1 amide bonds. The zero-order valence-corrected chi connectivity index (χ0v) is 18.7. The molecule has 2 aromatic carbocycles. The van der Waals surface area contributed by atoms with Gasteiger partial charge in [-0.1, -0.05) is 0 Å². The molecule has 0 saturated carbocycles. The molecular weight excluding hydrogens is 467 g/mol. The largest absolute Gasteiger partial charge is 0.307 e. The first-order valence-electron chi connectivity index (χ1n) is 10.6. The van der Waals surface area contributed by atoms with Gasteiger partial charge >= 0.3 is 0 Å². The highest BCUT2D eigenvalue weighted by Crippen LogP contribution is 2.24. The SMILES string of the molecule is Cc1cc(NC(=O)/C=C/c2ccc([N+](=O)[O-])cc2)n(-c2ncnc3c2cnn3-c2ccc(F)cc2)n1. The molecule has 5 rings (SSSR count). The number of aromatic nitrogens is 6. The number of nitrogens with one attached hydrogen (secondary N) is 1. The van der Waals surface area contributed by atoms with Crippen LogP contribution in [-0.2, 0) is 4.79 Å². The standard InChI is InChI=1S/C24H17FN8O3/c1-15-12-21(29-22(34)11-4-16-2-7-19(8-3-16)33(35)36)32(30-15)24-20-13-28-31(23(20)26-14-27-24)18-9-5-17(25)6-10-18/h2-14H,1H3,(H,29,34)/b11-4+. The van der Waals surface area contributed by atoms with Crippen LogP contribution in [0.15, 0.2) is 73.2 Å². The highest BCUT2D eigenvalue weighted by molar-refractivity contribution is 6.01. The third-order valence-electron chi connectivity index (χ3n) is 5.23.